The molecule has 0 amide bonds. The summed E-state index contributed by atoms with van der Waals surface area (Å²) in [6.45, 7) is 9.12. The molecular formula is C14H22O5. The van der Waals surface area contributed by atoms with Crippen LogP contribution in [-0.2, 0) is 19.1 Å². The summed E-state index contributed by atoms with van der Waals surface area (Å²) in [7, 11) is 0. The molecule has 0 unspecified atom stereocenters. The molecule has 5 nitrogen and oxygen atoms in total. The first-order valence-corrected chi connectivity index (χ1v) is 6.32. The van der Waals surface area contributed by atoms with Gasteiger partial charge >= 0.3 is 11.9 Å². The van der Waals surface area contributed by atoms with Crippen LogP contribution in [0.2, 0.25) is 0 Å². The average molecular weight is 270 g/mol. The van der Waals surface area contributed by atoms with Crippen molar-refractivity contribution in [3.63, 3.8) is 0 Å². The van der Waals surface area contributed by atoms with E-state index in [1.54, 1.807) is 0 Å². The van der Waals surface area contributed by atoms with Gasteiger partial charge < -0.3 is 14.6 Å². The third kappa shape index (κ3) is 9.02. The molecule has 5 heteroatoms. The van der Waals surface area contributed by atoms with Crippen molar-refractivity contribution in [2.24, 2.45) is 0 Å². The average Bonchev–Trinajstić information content (AvgIpc) is 2.37. The fourth-order valence-electron chi connectivity index (χ4n) is 1.21. The first-order chi connectivity index (χ1) is 8.99. The van der Waals surface area contributed by atoms with E-state index in [0.717, 1.165) is 25.7 Å². The van der Waals surface area contributed by atoms with Crippen molar-refractivity contribution in [3.05, 3.63) is 24.3 Å². The van der Waals surface area contributed by atoms with Gasteiger partial charge in [-0.2, -0.15) is 0 Å². The molecule has 0 aromatic carbocycles. The number of hydrogen-bond donors (Lipinski definition) is 1. The number of hydrogen-bond acceptors (Lipinski definition) is 4. The Balaban J connectivity index is 3.68. The van der Waals surface area contributed by atoms with Gasteiger partial charge in [-0.05, 0) is 6.42 Å². The predicted octanol–water partition coefficient (Wildman–Crippen LogP) is 2.32. The number of aliphatic carboxylic acids is 1. The van der Waals surface area contributed by atoms with E-state index < -0.39 is 11.9 Å². The first kappa shape index (κ1) is 17.4. The topological polar surface area (TPSA) is 72.8 Å². The Morgan fingerprint density at radius 2 is 1.68 bits per heavy atom. The standard InChI is InChI=1S/C14H22O5/c1-4-5-6-7-8-19-14(17)12(3)10-18-9-11(2)13(15)16/h2-10H2,1H3,(H,15,16). The molecule has 0 fully saturated rings. The normalized spacial score (nSPS) is 9.95. The summed E-state index contributed by atoms with van der Waals surface area (Å²) >= 11 is 0. The van der Waals surface area contributed by atoms with Crippen molar-refractivity contribution >= 4 is 11.9 Å². The molecule has 0 aliphatic carbocycles. The number of carbonyl (C=O) groups excluding carboxylic acids is 1. The lowest BCUT2D eigenvalue weighted by Gasteiger charge is -2.08. The summed E-state index contributed by atoms with van der Waals surface area (Å²) in [6.07, 6.45) is 4.12. The van der Waals surface area contributed by atoms with Gasteiger partial charge in [0.2, 0.25) is 0 Å². The van der Waals surface area contributed by atoms with Gasteiger partial charge in [-0.3, -0.25) is 0 Å². The summed E-state index contributed by atoms with van der Waals surface area (Å²) in [5.74, 6) is -1.62. The molecule has 1 N–H and O–H groups in total. The first-order valence-electron chi connectivity index (χ1n) is 6.32. The highest BCUT2D eigenvalue weighted by molar-refractivity contribution is 5.88. The van der Waals surface area contributed by atoms with Gasteiger partial charge in [0.15, 0.2) is 0 Å². The second-order valence-corrected chi connectivity index (χ2v) is 4.20. The zero-order valence-electron chi connectivity index (χ0n) is 11.4. The maximum absolute atomic E-state index is 11.4. The number of carboxylic acid groups (broad SMARTS) is 1. The lowest BCUT2D eigenvalue weighted by atomic mass is 10.2. The molecule has 108 valence electrons. The smallest absolute Gasteiger partial charge is 0.335 e. The van der Waals surface area contributed by atoms with Crippen LogP contribution in [0.5, 0.6) is 0 Å². The van der Waals surface area contributed by atoms with Crippen molar-refractivity contribution < 1.29 is 24.2 Å². The Morgan fingerprint density at radius 3 is 2.26 bits per heavy atom. The molecule has 19 heavy (non-hydrogen) atoms. The van der Waals surface area contributed by atoms with Crippen molar-refractivity contribution in [2.75, 3.05) is 19.8 Å². The summed E-state index contributed by atoms with van der Waals surface area (Å²) < 4.78 is 10.0. The Kier molecular flexibility index (Phi) is 9.44. The molecule has 0 aromatic rings. The van der Waals surface area contributed by atoms with E-state index in [-0.39, 0.29) is 24.4 Å². The van der Waals surface area contributed by atoms with Crippen LogP contribution in [0.1, 0.15) is 32.6 Å². The summed E-state index contributed by atoms with van der Waals surface area (Å²) in [4.78, 5) is 21.9. The Morgan fingerprint density at radius 1 is 1.05 bits per heavy atom. The third-order valence-corrected chi connectivity index (χ3v) is 2.37. The zero-order chi connectivity index (χ0) is 14.7. The van der Waals surface area contributed by atoms with E-state index in [1.807, 2.05) is 0 Å². The van der Waals surface area contributed by atoms with Gasteiger partial charge in [0, 0.05) is 0 Å². The van der Waals surface area contributed by atoms with Crippen molar-refractivity contribution in [1.29, 1.82) is 0 Å². The van der Waals surface area contributed by atoms with Gasteiger partial charge in [0.1, 0.15) is 0 Å². The summed E-state index contributed by atoms with van der Waals surface area (Å²) in [5, 5.41) is 8.55. The van der Waals surface area contributed by atoms with E-state index >= 15 is 0 Å². The molecule has 0 rings (SSSR count). The third-order valence-electron chi connectivity index (χ3n) is 2.37. The minimum absolute atomic E-state index is 0.0555. The van der Waals surface area contributed by atoms with Crippen LogP contribution >= 0.6 is 0 Å². The Bertz CT molecular complexity index is 333. The summed E-state index contributed by atoms with van der Waals surface area (Å²) in [5.41, 5.74) is 0.106. The SMILES string of the molecule is C=C(COCC(=C)C(=O)OCCCCCC)C(=O)O. The highest BCUT2D eigenvalue weighted by atomic mass is 16.5. The maximum Gasteiger partial charge on any atom is 0.335 e. The molecule has 0 heterocycles. The van der Waals surface area contributed by atoms with Crippen molar-refractivity contribution in [1.82, 2.24) is 0 Å². The lowest BCUT2D eigenvalue weighted by Crippen LogP contribution is -2.14. The number of unbranched alkanes of at least 4 members (excludes halogenated alkanes) is 3. The molecule has 0 saturated heterocycles. The van der Waals surface area contributed by atoms with E-state index in [0.29, 0.717) is 6.61 Å². The number of rotatable bonds is 11. The van der Waals surface area contributed by atoms with Gasteiger partial charge in [-0.15, -0.1) is 0 Å². The highest BCUT2D eigenvalue weighted by Crippen LogP contribution is 2.02. The zero-order valence-corrected chi connectivity index (χ0v) is 11.4. The number of ether oxygens (including phenoxy) is 2. The Hall–Kier alpha value is -1.62. The van der Waals surface area contributed by atoms with Crippen LogP contribution < -0.4 is 0 Å². The molecule has 0 radical (unpaired) electrons. The predicted molar refractivity (Wildman–Crippen MR) is 71.8 cm³/mol. The molecular weight excluding hydrogens is 248 g/mol. The molecule has 0 aliphatic rings. The van der Waals surface area contributed by atoms with Crippen LogP contribution in [0.3, 0.4) is 0 Å². The van der Waals surface area contributed by atoms with Crippen LogP contribution in [0.25, 0.3) is 0 Å². The highest BCUT2D eigenvalue weighted by Gasteiger charge is 2.10. The van der Waals surface area contributed by atoms with Crippen LogP contribution in [0.15, 0.2) is 24.3 Å². The van der Waals surface area contributed by atoms with Gasteiger partial charge in [0.25, 0.3) is 0 Å². The van der Waals surface area contributed by atoms with Crippen LogP contribution in [0, 0.1) is 0 Å². The quantitative estimate of drug-likeness (QED) is 0.354. The van der Waals surface area contributed by atoms with Gasteiger partial charge in [-0.25, -0.2) is 9.59 Å². The molecule has 0 bridgehead atoms. The summed E-state index contributed by atoms with van der Waals surface area (Å²) in [6, 6.07) is 0. The second-order valence-electron chi connectivity index (χ2n) is 4.20. The van der Waals surface area contributed by atoms with Crippen LogP contribution in [-0.4, -0.2) is 36.9 Å². The van der Waals surface area contributed by atoms with Crippen molar-refractivity contribution in [2.45, 2.75) is 32.6 Å². The van der Waals surface area contributed by atoms with Crippen LogP contribution in [0.4, 0.5) is 0 Å². The lowest BCUT2D eigenvalue weighted by molar-refractivity contribution is -0.139. The fourth-order valence-corrected chi connectivity index (χ4v) is 1.21. The van der Waals surface area contributed by atoms with E-state index in [2.05, 4.69) is 20.1 Å². The van der Waals surface area contributed by atoms with E-state index in [1.165, 1.54) is 0 Å². The number of carbonyl (C=O) groups is 2. The van der Waals surface area contributed by atoms with Gasteiger partial charge in [0.05, 0.1) is 31.0 Å². The van der Waals surface area contributed by atoms with Crippen molar-refractivity contribution in [3.8, 4) is 0 Å². The monoisotopic (exact) mass is 270 g/mol. The maximum atomic E-state index is 11.4. The van der Waals surface area contributed by atoms with Gasteiger partial charge in [-0.1, -0.05) is 39.3 Å². The molecule has 0 saturated carbocycles. The fraction of sp³-hybridized carbons (Fsp3) is 0.571. The minimum atomic E-state index is -1.12. The molecule has 0 aliphatic heterocycles. The Labute approximate surface area is 113 Å². The second kappa shape index (κ2) is 10.3. The number of esters is 1. The molecule has 0 aromatic heterocycles. The number of carboxylic acids is 1. The minimum Gasteiger partial charge on any atom is -0.478 e. The molecule has 0 spiro atoms. The van der Waals surface area contributed by atoms with E-state index in [9.17, 15) is 9.59 Å². The largest absolute Gasteiger partial charge is 0.478 e. The molecule has 0 atom stereocenters. The van der Waals surface area contributed by atoms with E-state index in [4.69, 9.17) is 14.6 Å².